The van der Waals surface area contributed by atoms with Gasteiger partial charge in [0.2, 0.25) is 20.1 Å². The second-order valence-corrected chi connectivity index (χ2v) is 12.2. The molecule has 2 saturated heterocycles. The number of rotatable bonds is 6. The summed E-state index contributed by atoms with van der Waals surface area (Å²) < 4.78 is 11.6. The van der Waals surface area contributed by atoms with Crippen LogP contribution in [0.5, 0.6) is 17.2 Å². The van der Waals surface area contributed by atoms with Crippen LogP contribution in [-0.4, -0.2) is 54.0 Å². The summed E-state index contributed by atoms with van der Waals surface area (Å²) in [6.45, 7) is 4.43. The molecule has 0 saturated carbocycles. The van der Waals surface area contributed by atoms with Crippen molar-refractivity contribution in [2.45, 2.75) is 37.8 Å². The lowest BCUT2D eigenvalue weighted by Crippen LogP contribution is -2.38. The molecule has 1 aromatic rings. The Bertz CT molecular complexity index is 772. The van der Waals surface area contributed by atoms with E-state index in [4.69, 9.17) is 9.16 Å². The van der Waals surface area contributed by atoms with E-state index in [-0.39, 0.29) is 47.4 Å². The fourth-order valence-electron chi connectivity index (χ4n) is 4.25. The van der Waals surface area contributed by atoms with Crippen LogP contribution in [0.15, 0.2) is 30.4 Å². The summed E-state index contributed by atoms with van der Waals surface area (Å²) in [7, 11) is -2.16. The molecule has 0 aromatic heterocycles. The van der Waals surface area contributed by atoms with E-state index in [0.29, 0.717) is 18.7 Å². The zero-order valence-electron chi connectivity index (χ0n) is 15.3. The van der Waals surface area contributed by atoms with Crippen molar-refractivity contribution in [3.8, 4) is 17.2 Å². The highest BCUT2D eigenvalue weighted by Gasteiger charge is 2.60. The number of nitrogens with zero attached hydrogens (tertiary/aromatic N) is 1. The van der Waals surface area contributed by atoms with Gasteiger partial charge in [0.25, 0.3) is 0 Å². The lowest BCUT2D eigenvalue weighted by Gasteiger charge is -2.25. The molecule has 3 aliphatic rings. The van der Waals surface area contributed by atoms with Crippen LogP contribution in [0.3, 0.4) is 0 Å². The van der Waals surface area contributed by atoms with Crippen LogP contribution in [0.2, 0.25) is 19.1 Å². The number of benzene rings is 1. The number of hydrogen-bond acceptors (Lipinski definition) is 6. The first-order valence-corrected chi connectivity index (χ1v) is 12.3. The van der Waals surface area contributed by atoms with Gasteiger partial charge < -0.3 is 19.4 Å². The Labute approximate surface area is 158 Å². The second kappa shape index (κ2) is 6.38. The quantitative estimate of drug-likeness (QED) is 0.439. The van der Waals surface area contributed by atoms with Gasteiger partial charge in [0, 0.05) is 24.7 Å². The standard InChI is InChI=1S/C19H23NO6Si/c1-27(2,26-13-9-11(21)8-12(22)10-13)7-3-6-20-18(23)16-14-4-5-15(25-14)17(16)19(20)24/h4-5,8-10,14-17,21-22H,3,6-7H2,1-2H3. The largest absolute Gasteiger partial charge is 0.544 e. The Morgan fingerprint density at radius 3 is 2.15 bits per heavy atom. The van der Waals surface area contributed by atoms with Crippen LogP contribution in [0.4, 0.5) is 0 Å². The third-order valence-corrected chi connectivity index (χ3v) is 7.78. The van der Waals surface area contributed by atoms with Gasteiger partial charge in [-0.2, -0.15) is 0 Å². The molecule has 7 nitrogen and oxygen atoms in total. The number of hydrogen-bond donors (Lipinski definition) is 2. The first-order valence-electron chi connectivity index (χ1n) is 9.16. The zero-order valence-corrected chi connectivity index (χ0v) is 16.3. The van der Waals surface area contributed by atoms with E-state index in [1.807, 2.05) is 25.2 Å². The highest BCUT2D eigenvalue weighted by atomic mass is 28.4. The lowest BCUT2D eigenvalue weighted by molar-refractivity contribution is -0.142. The third-order valence-electron chi connectivity index (χ3n) is 5.43. The van der Waals surface area contributed by atoms with Crippen molar-refractivity contribution < 1.29 is 29.0 Å². The SMILES string of the molecule is C[Si](C)(CCCN1C(=O)C2C3C=CC(O3)C2C1=O)Oc1cc(O)cc(O)c1. The first-order chi connectivity index (χ1) is 12.7. The fourth-order valence-corrected chi connectivity index (χ4v) is 6.11. The highest BCUT2D eigenvalue weighted by molar-refractivity contribution is 6.71. The smallest absolute Gasteiger partial charge is 0.245 e. The molecular weight excluding hydrogens is 366 g/mol. The summed E-state index contributed by atoms with van der Waals surface area (Å²) in [5.41, 5.74) is 0. The van der Waals surface area contributed by atoms with Crippen molar-refractivity contribution in [2.75, 3.05) is 6.54 Å². The molecule has 4 atom stereocenters. The number of imide groups is 1. The molecule has 8 heteroatoms. The average Bonchev–Trinajstić information content (AvgIpc) is 3.22. The minimum atomic E-state index is -2.16. The molecule has 2 fully saturated rings. The number of aromatic hydroxyl groups is 2. The predicted molar refractivity (Wildman–Crippen MR) is 98.8 cm³/mol. The average molecular weight is 389 g/mol. The lowest BCUT2D eigenvalue weighted by atomic mass is 9.85. The van der Waals surface area contributed by atoms with Crippen molar-refractivity contribution in [2.24, 2.45) is 11.8 Å². The van der Waals surface area contributed by atoms with Gasteiger partial charge in [-0.15, -0.1) is 0 Å². The first kappa shape index (κ1) is 18.1. The Kier molecular flexibility index (Phi) is 4.27. The molecule has 2 bridgehead atoms. The Hall–Kier alpha value is -2.32. The number of carbonyl (C=O) groups is 2. The van der Waals surface area contributed by atoms with Crippen molar-refractivity contribution in [1.82, 2.24) is 4.90 Å². The summed E-state index contributed by atoms with van der Waals surface area (Å²) in [5, 5.41) is 19.1. The van der Waals surface area contributed by atoms with Crippen molar-refractivity contribution in [3.05, 3.63) is 30.4 Å². The molecule has 144 valence electrons. The molecule has 1 aromatic carbocycles. The van der Waals surface area contributed by atoms with E-state index in [9.17, 15) is 19.8 Å². The predicted octanol–water partition coefficient (Wildman–Crippen LogP) is 2.01. The number of ether oxygens (including phenoxy) is 1. The van der Waals surface area contributed by atoms with E-state index in [2.05, 4.69) is 0 Å². The second-order valence-electron chi connectivity index (χ2n) is 7.98. The summed E-state index contributed by atoms with van der Waals surface area (Å²) in [4.78, 5) is 26.6. The molecule has 3 aliphatic heterocycles. The van der Waals surface area contributed by atoms with Gasteiger partial charge in [0.1, 0.15) is 17.2 Å². The maximum Gasteiger partial charge on any atom is 0.245 e. The summed E-state index contributed by atoms with van der Waals surface area (Å²) >= 11 is 0. The zero-order chi connectivity index (χ0) is 19.3. The summed E-state index contributed by atoms with van der Waals surface area (Å²) in [5.74, 6) is -0.652. The molecule has 3 heterocycles. The number of carbonyl (C=O) groups excluding carboxylic acids is 2. The normalized spacial score (nSPS) is 28.9. The van der Waals surface area contributed by atoms with Gasteiger partial charge in [0.15, 0.2) is 0 Å². The van der Waals surface area contributed by atoms with Gasteiger partial charge in [-0.25, -0.2) is 0 Å². The minimum Gasteiger partial charge on any atom is -0.544 e. The van der Waals surface area contributed by atoms with Gasteiger partial charge in [-0.05, 0) is 25.6 Å². The Balaban J connectivity index is 1.34. The number of likely N-dealkylation sites (tertiary alicyclic amines) is 1. The van der Waals surface area contributed by atoms with Crippen LogP contribution in [0.1, 0.15) is 6.42 Å². The topological polar surface area (TPSA) is 96.3 Å². The van der Waals surface area contributed by atoms with Crippen molar-refractivity contribution in [1.29, 1.82) is 0 Å². The Morgan fingerprint density at radius 2 is 1.59 bits per heavy atom. The fraction of sp³-hybridized carbons (Fsp3) is 0.474. The third kappa shape index (κ3) is 3.23. The van der Waals surface area contributed by atoms with E-state index in [0.717, 1.165) is 6.04 Å². The van der Waals surface area contributed by atoms with Crippen LogP contribution >= 0.6 is 0 Å². The minimum absolute atomic E-state index is 0.0555. The Morgan fingerprint density at radius 1 is 1.04 bits per heavy atom. The number of amides is 2. The van der Waals surface area contributed by atoms with E-state index >= 15 is 0 Å². The molecule has 0 radical (unpaired) electrons. The molecule has 2 amide bonds. The van der Waals surface area contributed by atoms with Gasteiger partial charge in [0.05, 0.1) is 24.0 Å². The van der Waals surface area contributed by atoms with Crippen LogP contribution in [0.25, 0.3) is 0 Å². The maximum absolute atomic E-state index is 12.6. The van der Waals surface area contributed by atoms with Crippen molar-refractivity contribution >= 4 is 20.1 Å². The van der Waals surface area contributed by atoms with E-state index in [1.165, 1.54) is 23.1 Å². The summed E-state index contributed by atoms with van der Waals surface area (Å²) in [6.07, 6.45) is 3.91. The number of phenols is 2. The number of phenolic OH excluding ortho intramolecular Hbond substituents is 2. The van der Waals surface area contributed by atoms with Crippen LogP contribution < -0.4 is 4.43 Å². The van der Waals surface area contributed by atoms with Crippen molar-refractivity contribution in [3.63, 3.8) is 0 Å². The van der Waals surface area contributed by atoms with Crippen LogP contribution in [0, 0.1) is 11.8 Å². The highest BCUT2D eigenvalue weighted by Crippen LogP contribution is 2.45. The molecule has 4 rings (SSSR count). The molecule has 4 unspecified atom stereocenters. The molecule has 0 aliphatic carbocycles. The maximum atomic E-state index is 12.6. The molecular formula is C19H23NO6Si. The van der Waals surface area contributed by atoms with Gasteiger partial charge in [-0.1, -0.05) is 12.2 Å². The van der Waals surface area contributed by atoms with E-state index in [1.54, 1.807) is 0 Å². The summed E-state index contributed by atoms with van der Waals surface area (Å²) in [6, 6.07) is 4.91. The van der Waals surface area contributed by atoms with Gasteiger partial charge in [-0.3, -0.25) is 14.5 Å². The van der Waals surface area contributed by atoms with E-state index < -0.39 is 8.32 Å². The number of fused-ring (bicyclic) bond motifs is 5. The molecule has 27 heavy (non-hydrogen) atoms. The monoisotopic (exact) mass is 389 g/mol. The van der Waals surface area contributed by atoms with Gasteiger partial charge >= 0.3 is 0 Å². The van der Waals surface area contributed by atoms with Crippen LogP contribution in [-0.2, 0) is 14.3 Å². The molecule has 2 N–H and O–H groups in total. The molecule has 0 spiro atoms.